The van der Waals surface area contributed by atoms with Gasteiger partial charge in [0.25, 0.3) is 0 Å². The average Bonchev–Trinajstić information content (AvgIpc) is 3.15. The van der Waals surface area contributed by atoms with Crippen LogP contribution in [0, 0.1) is 0 Å². The van der Waals surface area contributed by atoms with E-state index in [1.165, 1.54) is 15.9 Å². The van der Waals surface area contributed by atoms with E-state index in [0.29, 0.717) is 50.9 Å². The lowest BCUT2D eigenvalue weighted by atomic mass is 10.1. The van der Waals surface area contributed by atoms with E-state index in [9.17, 15) is 13.2 Å². The molecule has 0 unspecified atom stereocenters. The zero-order chi connectivity index (χ0) is 22.3. The molecule has 0 N–H and O–H groups in total. The number of carbonyl (C=O) groups excluding carboxylic acids is 1. The number of hydrogen-bond donors (Lipinski definition) is 0. The van der Waals surface area contributed by atoms with E-state index in [4.69, 9.17) is 9.47 Å². The summed E-state index contributed by atoms with van der Waals surface area (Å²) < 4.78 is 38.7. The summed E-state index contributed by atoms with van der Waals surface area (Å²) in [5.41, 5.74) is 2.19. The van der Waals surface area contributed by atoms with E-state index in [1.807, 2.05) is 28.0 Å². The maximum Gasteiger partial charge on any atom is 0.243 e. The Kier molecular flexibility index (Phi) is 5.56. The molecule has 0 aliphatic carbocycles. The van der Waals surface area contributed by atoms with Crippen LogP contribution in [-0.2, 0) is 21.2 Å². The van der Waals surface area contributed by atoms with Crippen LogP contribution in [0.1, 0.15) is 12.5 Å². The lowest BCUT2D eigenvalue weighted by Crippen LogP contribution is -2.52. The van der Waals surface area contributed by atoms with Crippen molar-refractivity contribution in [3.8, 4) is 11.5 Å². The highest BCUT2D eigenvalue weighted by molar-refractivity contribution is 7.89. The van der Waals surface area contributed by atoms with Gasteiger partial charge in [-0.05, 0) is 37.1 Å². The molecule has 0 spiro atoms. The third kappa shape index (κ3) is 3.85. The van der Waals surface area contributed by atoms with Crippen LogP contribution in [0.5, 0.6) is 11.5 Å². The molecule has 2 aromatic carbocycles. The fourth-order valence-electron chi connectivity index (χ4n) is 4.67. The van der Waals surface area contributed by atoms with Crippen LogP contribution >= 0.6 is 0 Å². The molecule has 32 heavy (non-hydrogen) atoms. The molecular formula is C23H27N3O5S. The molecule has 1 atom stereocenters. The number of para-hydroxylation sites is 1. The number of anilines is 1. The minimum atomic E-state index is -3.64. The number of nitrogens with zero attached hydrogens (tertiary/aromatic N) is 3. The van der Waals surface area contributed by atoms with Crippen molar-refractivity contribution < 1.29 is 22.7 Å². The lowest BCUT2D eigenvalue weighted by molar-refractivity contribution is -0.120. The van der Waals surface area contributed by atoms with Gasteiger partial charge in [-0.15, -0.1) is 0 Å². The summed E-state index contributed by atoms with van der Waals surface area (Å²) in [7, 11) is -3.64. The predicted molar refractivity (Wildman–Crippen MR) is 120 cm³/mol. The molecule has 0 saturated carbocycles. The normalized spacial score (nSPS) is 21.4. The number of amides is 1. The quantitative estimate of drug-likeness (QED) is 0.696. The third-order valence-electron chi connectivity index (χ3n) is 6.32. The fraction of sp³-hybridized carbons (Fsp3) is 0.435. The van der Waals surface area contributed by atoms with E-state index in [-0.39, 0.29) is 23.4 Å². The van der Waals surface area contributed by atoms with E-state index in [2.05, 4.69) is 13.0 Å². The molecule has 1 amide bonds. The van der Waals surface area contributed by atoms with Gasteiger partial charge in [0, 0.05) is 44.0 Å². The summed E-state index contributed by atoms with van der Waals surface area (Å²) in [4.78, 5) is 17.2. The number of benzene rings is 2. The van der Waals surface area contributed by atoms with Gasteiger partial charge in [0.2, 0.25) is 15.9 Å². The number of fused-ring (bicyclic) bond motifs is 2. The summed E-state index contributed by atoms with van der Waals surface area (Å²) in [6.45, 7) is 4.93. The highest BCUT2D eigenvalue weighted by Crippen LogP contribution is 2.34. The van der Waals surface area contributed by atoms with Gasteiger partial charge in [-0.2, -0.15) is 4.31 Å². The Hall–Kier alpha value is -2.62. The van der Waals surface area contributed by atoms with Crippen molar-refractivity contribution in [3.05, 3.63) is 48.0 Å². The number of piperazine rings is 1. The largest absolute Gasteiger partial charge is 0.486 e. The van der Waals surface area contributed by atoms with Crippen LogP contribution in [0.4, 0.5) is 5.69 Å². The summed E-state index contributed by atoms with van der Waals surface area (Å²) in [6.07, 6.45) is 0.865. The first-order valence-electron chi connectivity index (χ1n) is 11.0. The maximum absolute atomic E-state index is 13.1. The zero-order valence-corrected chi connectivity index (χ0v) is 18.9. The van der Waals surface area contributed by atoms with Crippen LogP contribution in [-0.4, -0.2) is 75.5 Å². The molecule has 8 nitrogen and oxygen atoms in total. The third-order valence-corrected chi connectivity index (χ3v) is 8.21. The number of ether oxygens (including phenoxy) is 2. The molecular weight excluding hydrogens is 430 g/mol. The Balaban J connectivity index is 1.22. The molecule has 0 bridgehead atoms. The summed E-state index contributed by atoms with van der Waals surface area (Å²) >= 11 is 0. The van der Waals surface area contributed by atoms with Gasteiger partial charge in [0.1, 0.15) is 13.2 Å². The lowest BCUT2D eigenvalue weighted by Gasteiger charge is -2.35. The molecule has 2 aromatic rings. The van der Waals surface area contributed by atoms with Gasteiger partial charge in [0.15, 0.2) is 11.5 Å². The monoisotopic (exact) mass is 457 g/mol. The van der Waals surface area contributed by atoms with Crippen molar-refractivity contribution in [1.82, 2.24) is 9.21 Å². The first-order valence-corrected chi connectivity index (χ1v) is 12.4. The predicted octanol–water partition coefficient (Wildman–Crippen LogP) is 1.74. The minimum absolute atomic E-state index is 0.0607. The van der Waals surface area contributed by atoms with E-state index in [0.717, 1.165) is 12.1 Å². The highest BCUT2D eigenvalue weighted by atomic mass is 32.2. The van der Waals surface area contributed by atoms with E-state index in [1.54, 1.807) is 12.1 Å². The number of rotatable bonds is 4. The van der Waals surface area contributed by atoms with Crippen LogP contribution in [0.15, 0.2) is 47.4 Å². The second-order valence-electron chi connectivity index (χ2n) is 8.43. The SMILES string of the molecule is C[C@@H]1Cc2ccccc2N1C(=O)CN1CCN(S(=O)(=O)c2ccc3c(c2)OCCO3)CC1. The molecule has 5 rings (SSSR count). The van der Waals surface area contributed by atoms with Crippen LogP contribution in [0.25, 0.3) is 0 Å². The van der Waals surface area contributed by atoms with Crippen molar-refractivity contribution in [1.29, 1.82) is 0 Å². The van der Waals surface area contributed by atoms with Gasteiger partial charge in [0.05, 0.1) is 11.4 Å². The van der Waals surface area contributed by atoms with Gasteiger partial charge in [-0.25, -0.2) is 8.42 Å². The first-order chi connectivity index (χ1) is 15.4. The molecule has 3 aliphatic heterocycles. The highest BCUT2D eigenvalue weighted by Gasteiger charge is 2.34. The Morgan fingerprint density at radius 1 is 1.00 bits per heavy atom. The smallest absolute Gasteiger partial charge is 0.243 e. The zero-order valence-electron chi connectivity index (χ0n) is 18.1. The molecule has 3 heterocycles. The molecule has 1 saturated heterocycles. The van der Waals surface area contributed by atoms with Crippen molar-refractivity contribution in [2.24, 2.45) is 0 Å². The Morgan fingerprint density at radius 3 is 2.50 bits per heavy atom. The topological polar surface area (TPSA) is 79.4 Å². The standard InChI is InChI=1S/C23H27N3O5S/c1-17-14-18-4-2-3-5-20(18)26(17)23(27)16-24-8-10-25(11-9-24)32(28,29)19-6-7-21-22(15-19)31-13-12-30-21/h2-7,15,17H,8-14,16H2,1H3/t17-/m1/s1. The van der Waals surface area contributed by atoms with Crippen molar-refractivity contribution >= 4 is 21.6 Å². The molecule has 0 radical (unpaired) electrons. The molecule has 9 heteroatoms. The summed E-state index contributed by atoms with van der Waals surface area (Å²) in [5.74, 6) is 1.09. The number of hydrogen-bond acceptors (Lipinski definition) is 6. The second-order valence-corrected chi connectivity index (χ2v) is 10.4. The number of sulfonamides is 1. The maximum atomic E-state index is 13.1. The van der Waals surface area contributed by atoms with Crippen LogP contribution < -0.4 is 14.4 Å². The molecule has 170 valence electrons. The van der Waals surface area contributed by atoms with Crippen molar-refractivity contribution in [2.75, 3.05) is 50.8 Å². The Bertz CT molecular complexity index is 1130. The molecule has 1 fully saturated rings. The molecule has 0 aromatic heterocycles. The first kappa shape index (κ1) is 21.2. The number of carbonyl (C=O) groups is 1. The second kappa shape index (κ2) is 8.38. The Morgan fingerprint density at radius 2 is 1.72 bits per heavy atom. The van der Waals surface area contributed by atoms with Gasteiger partial charge < -0.3 is 14.4 Å². The average molecular weight is 458 g/mol. The van der Waals surface area contributed by atoms with Gasteiger partial charge in [-0.1, -0.05) is 18.2 Å². The van der Waals surface area contributed by atoms with E-state index < -0.39 is 10.0 Å². The molecule has 3 aliphatic rings. The van der Waals surface area contributed by atoms with Crippen molar-refractivity contribution in [3.63, 3.8) is 0 Å². The van der Waals surface area contributed by atoms with E-state index >= 15 is 0 Å². The van der Waals surface area contributed by atoms with Crippen molar-refractivity contribution in [2.45, 2.75) is 24.3 Å². The summed E-state index contributed by atoms with van der Waals surface area (Å²) in [5, 5.41) is 0. The summed E-state index contributed by atoms with van der Waals surface area (Å²) in [6, 6.07) is 12.9. The van der Waals surface area contributed by atoms with Gasteiger partial charge >= 0.3 is 0 Å². The van der Waals surface area contributed by atoms with Crippen LogP contribution in [0.2, 0.25) is 0 Å². The minimum Gasteiger partial charge on any atom is -0.486 e. The fourth-order valence-corrected chi connectivity index (χ4v) is 6.11. The van der Waals surface area contributed by atoms with Crippen LogP contribution in [0.3, 0.4) is 0 Å². The van der Waals surface area contributed by atoms with Gasteiger partial charge in [-0.3, -0.25) is 9.69 Å². The Labute approximate surface area is 188 Å².